The lowest BCUT2D eigenvalue weighted by molar-refractivity contribution is -0.134. The van der Waals surface area contributed by atoms with Crippen molar-refractivity contribution in [2.24, 2.45) is 0 Å². The van der Waals surface area contributed by atoms with E-state index < -0.39 is 5.97 Å². The molecule has 1 rings (SSSR count). The van der Waals surface area contributed by atoms with Crippen LogP contribution in [0.25, 0.3) is 0 Å². The Bertz CT molecular complexity index is 400. The van der Waals surface area contributed by atoms with Crippen LogP contribution in [0, 0.1) is 0 Å². The van der Waals surface area contributed by atoms with Crippen LogP contribution < -0.4 is 0 Å². The highest BCUT2D eigenvalue weighted by Gasteiger charge is 2.00. The van der Waals surface area contributed by atoms with Crippen molar-refractivity contribution in [3.63, 3.8) is 0 Å². The third-order valence-electron chi connectivity index (χ3n) is 3.96. The second-order valence-corrected chi connectivity index (χ2v) is 7.33. The number of thiazole rings is 1. The maximum atomic E-state index is 9.00. The summed E-state index contributed by atoms with van der Waals surface area (Å²) in [7, 11) is 0. The van der Waals surface area contributed by atoms with Crippen molar-refractivity contribution in [2.45, 2.75) is 104 Å². The smallest absolute Gasteiger partial charge is 0.300 e. The molecule has 1 aromatic heterocycles. The van der Waals surface area contributed by atoms with Crippen molar-refractivity contribution < 1.29 is 9.90 Å². The molecule has 0 saturated heterocycles. The topological polar surface area (TPSA) is 50.2 Å². The summed E-state index contributed by atoms with van der Waals surface area (Å²) in [6.45, 7) is 5.55. The third-order valence-corrected chi connectivity index (χ3v) is 4.91. The summed E-state index contributed by atoms with van der Waals surface area (Å²) < 4.78 is 0. The molecule has 1 N–H and O–H groups in total. The van der Waals surface area contributed by atoms with E-state index in [1.807, 2.05) is 11.3 Å². The lowest BCUT2D eigenvalue weighted by Gasteiger charge is -2.02. The predicted octanol–water partition coefficient (Wildman–Crippen LogP) is 6.65. The second kappa shape index (κ2) is 16.9. The number of rotatable bonds is 13. The van der Waals surface area contributed by atoms with Gasteiger partial charge in [-0.2, -0.15) is 0 Å². The molecule has 0 aliphatic carbocycles. The molecule has 0 fully saturated rings. The largest absolute Gasteiger partial charge is 0.481 e. The van der Waals surface area contributed by atoms with Gasteiger partial charge in [0.2, 0.25) is 0 Å². The van der Waals surface area contributed by atoms with E-state index >= 15 is 0 Å². The lowest BCUT2D eigenvalue weighted by Crippen LogP contribution is -1.87. The quantitative estimate of drug-likeness (QED) is 0.403. The van der Waals surface area contributed by atoms with Crippen LogP contribution in [0.5, 0.6) is 0 Å². The zero-order valence-electron chi connectivity index (χ0n) is 16.0. The number of carbonyl (C=O) groups is 1. The van der Waals surface area contributed by atoms with Crippen molar-refractivity contribution in [1.29, 1.82) is 0 Å². The summed E-state index contributed by atoms with van der Waals surface area (Å²) in [6.07, 6.45) is 17.9. The molecule has 0 aliphatic heterocycles. The van der Waals surface area contributed by atoms with Gasteiger partial charge in [0.1, 0.15) is 0 Å². The van der Waals surface area contributed by atoms with Gasteiger partial charge in [0, 0.05) is 12.3 Å². The van der Waals surface area contributed by atoms with E-state index in [4.69, 9.17) is 9.90 Å². The highest BCUT2D eigenvalue weighted by Crippen LogP contribution is 2.15. The highest BCUT2D eigenvalue weighted by atomic mass is 32.1. The molecule has 0 aromatic carbocycles. The number of carboxylic acid groups (broad SMARTS) is 1. The minimum Gasteiger partial charge on any atom is -0.481 e. The third kappa shape index (κ3) is 16.0. The Kier molecular flexibility index (Phi) is 16.3. The summed E-state index contributed by atoms with van der Waals surface area (Å²) >= 11 is 1.84. The zero-order chi connectivity index (χ0) is 18.0. The molecular weight excluding hydrogens is 318 g/mol. The lowest BCUT2D eigenvalue weighted by atomic mass is 10.1. The van der Waals surface area contributed by atoms with Crippen LogP contribution in [0.1, 0.15) is 102 Å². The van der Waals surface area contributed by atoms with Gasteiger partial charge in [-0.05, 0) is 19.3 Å². The standard InChI is InChI=1S/C18H33NS.C2H4O2/c1-3-5-6-7-8-9-10-11-12-13-14-15-18-19-17(4-2)16-20-18;1-2(3)4/h16H,3-15H2,1-2H3;1H3,(H,3,4). The summed E-state index contributed by atoms with van der Waals surface area (Å²) in [4.78, 5) is 13.6. The molecule has 0 spiro atoms. The van der Waals surface area contributed by atoms with Gasteiger partial charge in [0.05, 0.1) is 10.7 Å². The Labute approximate surface area is 152 Å². The van der Waals surface area contributed by atoms with Crippen molar-refractivity contribution >= 4 is 17.3 Å². The molecule has 0 aliphatic rings. The summed E-state index contributed by atoms with van der Waals surface area (Å²) in [5.41, 5.74) is 1.27. The Morgan fingerprint density at radius 1 is 0.958 bits per heavy atom. The van der Waals surface area contributed by atoms with Crippen LogP contribution in [0.15, 0.2) is 5.38 Å². The van der Waals surface area contributed by atoms with Crippen LogP contribution in [0.4, 0.5) is 0 Å². The fraction of sp³-hybridized carbons (Fsp3) is 0.800. The van der Waals surface area contributed by atoms with E-state index in [-0.39, 0.29) is 0 Å². The van der Waals surface area contributed by atoms with Crippen LogP contribution in [0.3, 0.4) is 0 Å². The van der Waals surface area contributed by atoms with Gasteiger partial charge in [-0.3, -0.25) is 4.79 Å². The number of unbranched alkanes of at least 4 members (excludes halogenated alkanes) is 10. The van der Waals surface area contributed by atoms with E-state index in [9.17, 15) is 0 Å². The number of hydrogen-bond acceptors (Lipinski definition) is 3. The molecule has 0 amide bonds. The monoisotopic (exact) mass is 355 g/mol. The fourth-order valence-electron chi connectivity index (χ4n) is 2.57. The van der Waals surface area contributed by atoms with E-state index in [1.54, 1.807) is 0 Å². The van der Waals surface area contributed by atoms with Crippen LogP contribution >= 0.6 is 11.3 Å². The molecule has 140 valence electrons. The first kappa shape index (κ1) is 23.1. The van der Waals surface area contributed by atoms with Crippen LogP contribution in [-0.4, -0.2) is 16.1 Å². The maximum absolute atomic E-state index is 9.00. The van der Waals surface area contributed by atoms with Gasteiger partial charge in [0.25, 0.3) is 5.97 Å². The zero-order valence-corrected chi connectivity index (χ0v) is 16.8. The van der Waals surface area contributed by atoms with Crippen LogP contribution in [0.2, 0.25) is 0 Å². The summed E-state index contributed by atoms with van der Waals surface area (Å²) in [6, 6.07) is 0. The van der Waals surface area contributed by atoms with Crippen molar-refractivity contribution in [2.75, 3.05) is 0 Å². The maximum Gasteiger partial charge on any atom is 0.300 e. The normalized spacial score (nSPS) is 10.3. The number of hydrogen-bond donors (Lipinski definition) is 1. The summed E-state index contributed by atoms with van der Waals surface area (Å²) in [5.74, 6) is -0.833. The van der Waals surface area contributed by atoms with Crippen molar-refractivity contribution in [3.8, 4) is 0 Å². The average molecular weight is 356 g/mol. The Hall–Kier alpha value is -0.900. The van der Waals surface area contributed by atoms with E-state index in [2.05, 4.69) is 24.2 Å². The molecule has 4 heteroatoms. The van der Waals surface area contributed by atoms with Gasteiger partial charge in [-0.25, -0.2) is 4.98 Å². The first-order valence-corrected chi connectivity index (χ1v) is 10.6. The number of aromatic nitrogens is 1. The molecular formula is C20H37NO2S. The Balaban J connectivity index is 0.00000118. The molecule has 0 bridgehead atoms. The molecule has 0 atom stereocenters. The number of carboxylic acids is 1. The van der Waals surface area contributed by atoms with Gasteiger partial charge in [-0.15, -0.1) is 11.3 Å². The van der Waals surface area contributed by atoms with Crippen LogP contribution in [-0.2, 0) is 17.6 Å². The highest BCUT2D eigenvalue weighted by molar-refractivity contribution is 7.09. The van der Waals surface area contributed by atoms with E-state index in [0.29, 0.717) is 0 Å². The summed E-state index contributed by atoms with van der Waals surface area (Å²) in [5, 5.41) is 11.0. The molecule has 3 nitrogen and oxygen atoms in total. The van der Waals surface area contributed by atoms with E-state index in [1.165, 1.54) is 87.8 Å². The molecule has 0 saturated carbocycles. The minimum absolute atomic E-state index is 0.833. The molecule has 24 heavy (non-hydrogen) atoms. The molecule has 1 heterocycles. The van der Waals surface area contributed by atoms with E-state index in [0.717, 1.165) is 13.3 Å². The molecule has 0 radical (unpaired) electrons. The van der Waals surface area contributed by atoms with Crippen molar-refractivity contribution in [1.82, 2.24) is 4.98 Å². The first-order valence-electron chi connectivity index (χ1n) is 9.72. The van der Waals surface area contributed by atoms with Gasteiger partial charge in [0.15, 0.2) is 0 Å². The Morgan fingerprint density at radius 3 is 1.83 bits per heavy atom. The minimum atomic E-state index is -0.833. The van der Waals surface area contributed by atoms with Crippen molar-refractivity contribution in [3.05, 3.63) is 16.1 Å². The second-order valence-electron chi connectivity index (χ2n) is 6.39. The Morgan fingerprint density at radius 2 is 1.42 bits per heavy atom. The predicted molar refractivity (Wildman–Crippen MR) is 105 cm³/mol. The number of nitrogens with zero attached hydrogens (tertiary/aromatic N) is 1. The number of aliphatic carboxylic acids is 1. The fourth-order valence-corrected chi connectivity index (χ4v) is 3.49. The average Bonchev–Trinajstić information content (AvgIpc) is 3.00. The SMILES string of the molecule is CC(=O)O.CCCCCCCCCCCCCc1nc(CC)cs1. The molecule has 1 aromatic rings. The molecule has 0 unspecified atom stereocenters. The van der Waals surface area contributed by atoms with Gasteiger partial charge >= 0.3 is 0 Å². The van der Waals surface area contributed by atoms with Gasteiger partial charge < -0.3 is 5.11 Å². The number of aryl methyl sites for hydroxylation is 2. The van der Waals surface area contributed by atoms with Gasteiger partial charge in [-0.1, -0.05) is 78.1 Å². The first-order chi connectivity index (χ1) is 11.6.